The molecule has 0 saturated carbocycles. The molecule has 0 atom stereocenters. The van der Waals surface area contributed by atoms with Crippen molar-refractivity contribution in [3.8, 4) is 0 Å². The molecule has 0 nitrogen and oxygen atoms in total. The highest BCUT2D eigenvalue weighted by atomic mass is 127. The second-order valence-electron chi connectivity index (χ2n) is 3.06. The molecule has 0 aliphatic carbocycles. The maximum absolute atomic E-state index is 2.39. The van der Waals surface area contributed by atoms with Gasteiger partial charge in [-0.3, -0.25) is 0 Å². The third kappa shape index (κ3) is 3.94. The van der Waals surface area contributed by atoms with Crippen LogP contribution in [-0.4, -0.2) is 0 Å². The minimum Gasteiger partial charge on any atom is -0.0882 e. The largest absolute Gasteiger partial charge is 0.0882 e. The quantitative estimate of drug-likeness (QED) is 0.575. The predicted octanol–water partition coefficient (Wildman–Crippen LogP) is 4.19. The molecule has 1 aromatic rings. The lowest BCUT2D eigenvalue weighted by molar-refractivity contribution is 0.953. The topological polar surface area (TPSA) is 0 Å². The van der Waals surface area contributed by atoms with Crippen molar-refractivity contribution in [2.24, 2.45) is 0 Å². The third-order valence-corrected chi connectivity index (χ3v) is 2.97. The molecular weight excluding hydrogens is 271 g/mol. The fourth-order valence-corrected chi connectivity index (χ4v) is 1.77. The SMILES string of the molecule is CCC/C=C\Cc1ccccc1I. The van der Waals surface area contributed by atoms with Gasteiger partial charge in [0, 0.05) is 3.57 Å². The summed E-state index contributed by atoms with van der Waals surface area (Å²) in [4.78, 5) is 0. The van der Waals surface area contributed by atoms with Crippen molar-refractivity contribution in [1.29, 1.82) is 0 Å². The first-order valence-electron chi connectivity index (χ1n) is 4.73. The van der Waals surface area contributed by atoms with E-state index in [1.165, 1.54) is 22.0 Å². The van der Waals surface area contributed by atoms with Crippen molar-refractivity contribution < 1.29 is 0 Å². The van der Waals surface area contributed by atoms with Crippen LogP contribution in [0.25, 0.3) is 0 Å². The smallest absolute Gasteiger partial charge is 0.0165 e. The average molecular weight is 286 g/mol. The van der Waals surface area contributed by atoms with E-state index < -0.39 is 0 Å². The molecule has 0 unspecified atom stereocenters. The van der Waals surface area contributed by atoms with Gasteiger partial charge >= 0.3 is 0 Å². The summed E-state index contributed by atoms with van der Waals surface area (Å²) in [6, 6.07) is 8.54. The van der Waals surface area contributed by atoms with Crippen molar-refractivity contribution in [1.82, 2.24) is 0 Å². The monoisotopic (exact) mass is 286 g/mol. The first-order chi connectivity index (χ1) is 6.34. The van der Waals surface area contributed by atoms with Gasteiger partial charge in [-0.1, -0.05) is 43.7 Å². The Bertz CT molecular complexity index is 276. The first kappa shape index (κ1) is 10.8. The number of unbranched alkanes of at least 4 members (excludes halogenated alkanes) is 1. The summed E-state index contributed by atoms with van der Waals surface area (Å²) < 4.78 is 1.36. The Morgan fingerprint density at radius 3 is 2.69 bits per heavy atom. The van der Waals surface area contributed by atoms with Gasteiger partial charge in [-0.05, 0) is 47.1 Å². The molecule has 0 aromatic heterocycles. The normalized spacial score (nSPS) is 10.9. The van der Waals surface area contributed by atoms with Gasteiger partial charge in [-0.15, -0.1) is 0 Å². The van der Waals surface area contributed by atoms with Crippen LogP contribution in [0.5, 0.6) is 0 Å². The van der Waals surface area contributed by atoms with E-state index in [4.69, 9.17) is 0 Å². The van der Waals surface area contributed by atoms with Gasteiger partial charge in [-0.2, -0.15) is 0 Å². The Balaban J connectivity index is 2.49. The van der Waals surface area contributed by atoms with Crippen molar-refractivity contribution in [2.75, 3.05) is 0 Å². The lowest BCUT2D eigenvalue weighted by Crippen LogP contribution is -1.84. The zero-order chi connectivity index (χ0) is 9.52. The Labute approximate surface area is 94.2 Å². The molecule has 0 spiro atoms. The minimum atomic E-state index is 1.07. The van der Waals surface area contributed by atoms with E-state index in [0.717, 1.165) is 6.42 Å². The highest BCUT2D eigenvalue weighted by molar-refractivity contribution is 14.1. The molecule has 0 N–H and O–H groups in total. The molecule has 0 aliphatic rings. The van der Waals surface area contributed by atoms with Crippen LogP contribution in [-0.2, 0) is 6.42 Å². The summed E-state index contributed by atoms with van der Waals surface area (Å²) in [6.07, 6.45) is 8.04. The molecule has 0 saturated heterocycles. The third-order valence-electron chi connectivity index (χ3n) is 1.92. The van der Waals surface area contributed by atoms with Crippen LogP contribution in [0, 0.1) is 3.57 Å². The summed E-state index contributed by atoms with van der Waals surface area (Å²) in [7, 11) is 0. The number of halogens is 1. The van der Waals surface area contributed by atoms with Gasteiger partial charge in [-0.25, -0.2) is 0 Å². The van der Waals surface area contributed by atoms with E-state index in [1.54, 1.807) is 0 Å². The van der Waals surface area contributed by atoms with Crippen LogP contribution in [0.3, 0.4) is 0 Å². The van der Waals surface area contributed by atoms with E-state index in [2.05, 4.69) is 65.9 Å². The van der Waals surface area contributed by atoms with E-state index in [9.17, 15) is 0 Å². The van der Waals surface area contributed by atoms with Gasteiger partial charge < -0.3 is 0 Å². The number of benzene rings is 1. The Hall–Kier alpha value is -0.310. The van der Waals surface area contributed by atoms with E-state index in [0.29, 0.717) is 0 Å². The number of allylic oxidation sites excluding steroid dienone is 2. The Morgan fingerprint density at radius 2 is 2.00 bits per heavy atom. The molecule has 0 heterocycles. The molecule has 0 aliphatic heterocycles. The Morgan fingerprint density at radius 1 is 1.23 bits per heavy atom. The molecular formula is C12H15I. The summed E-state index contributed by atoms with van der Waals surface area (Å²) >= 11 is 2.39. The highest BCUT2D eigenvalue weighted by Crippen LogP contribution is 2.12. The molecule has 1 rings (SSSR count). The van der Waals surface area contributed by atoms with Gasteiger partial charge in [0.2, 0.25) is 0 Å². The number of hydrogen-bond acceptors (Lipinski definition) is 0. The van der Waals surface area contributed by atoms with Crippen LogP contribution >= 0.6 is 22.6 Å². The molecule has 1 aromatic carbocycles. The lowest BCUT2D eigenvalue weighted by Gasteiger charge is -1.98. The second kappa shape index (κ2) is 6.19. The van der Waals surface area contributed by atoms with E-state index in [-0.39, 0.29) is 0 Å². The van der Waals surface area contributed by atoms with Gasteiger partial charge in [0.25, 0.3) is 0 Å². The zero-order valence-electron chi connectivity index (χ0n) is 7.96. The molecule has 0 amide bonds. The van der Waals surface area contributed by atoms with Crippen molar-refractivity contribution in [2.45, 2.75) is 26.2 Å². The van der Waals surface area contributed by atoms with Crippen LogP contribution in [0.2, 0.25) is 0 Å². The highest BCUT2D eigenvalue weighted by Gasteiger charge is 1.93. The molecule has 0 radical (unpaired) electrons. The molecule has 13 heavy (non-hydrogen) atoms. The van der Waals surface area contributed by atoms with Crippen LogP contribution in [0.1, 0.15) is 25.3 Å². The van der Waals surface area contributed by atoms with Crippen molar-refractivity contribution >= 4 is 22.6 Å². The van der Waals surface area contributed by atoms with Gasteiger partial charge in [0.05, 0.1) is 0 Å². The first-order valence-corrected chi connectivity index (χ1v) is 5.81. The van der Waals surface area contributed by atoms with Crippen LogP contribution in [0.4, 0.5) is 0 Å². The zero-order valence-corrected chi connectivity index (χ0v) is 10.1. The standard InChI is InChI=1S/C12H15I/c1-2-3-4-5-8-11-9-6-7-10-12(11)13/h4-7,9-10H,2-3,8H2,1H3/b5-4-. The summed E-state index contributed by atoms with van der Waals surface area (Å²) in [6.45, 7) is 2.20. The number of rotatable bonds is 4. The predicted molar refractivity (Wildman–Crippen MR) is 66.9 cm³/mol. The fourth-order valence-electron chi connectivity index (χ4n) is 1.16. The maximum atomic E-state index is 2.39. The van der Waals surface area contributed by atoms with E-state index >= 15 is 0 Å². The molecule has 70 valence electrons. The summed E-state index contributed by atoms with van der Waals surface area (Å²) in [5.41, 5.74) is 1.43. The van der Waals surface area contributed by atoms with Gasteiger partial charge in [0.15, 0.2) is 0 Å². The van der Waals surface area contributed by atoms with Crippen molar-refractivity contribution in [3.63, 3.8) is 0 Å². The Kier molecular flexibility index (Phi) is 5.13. The molecule has 1 heteroatoms. The summed E-state index contributed by atoms with van der Waals surface area (Å²) in [5, 5.41) is 0. The maximum Gasteiger partial charge on any atom is 0.0165 e. The lowest BCUT2D eigenvalue weighted by atomic mass is 10.1. The summed E-state index contributed by atoms with van der Waals surface area (Å²) in [5.74, 6) is 0. The second-order valence-corrected chi connectivity index (χ2v) is 4.22. The fraction of sp³-hybridized carbons (Fsp3) is 0.333. The van der Waals surface area contributed by atoms with E-state index in [1.807, 2.05) is 0 Å². The average Bonchev–Trinajstić information content (AvgIpc) is 2.15. The van der Waals surface area contributed by atoms with Gasteiger partial charge in [0.1, 0.15) is 0 Å². The minimum absolute atomic E-state index is 1.07. The van der Waals surface area contributed by atoms with Crippen LogP contribution < -0.4 is 0 Å². The number of hydrogen-bond donors (Lipinski definition) is 0. The molecule has 0 bridgehead atoms. The van der Waals surface area contributed by atoms with Crippen LogP contribution in [0.15, 0.2) is 36.4 Å². The van der Waals surface area contributed by atoms with Crippen molar-refractivity contribution in [3.05, 3.63) is 45.6 Å². The molecule has 0 fully saturated rings.